The molecule has 1 saturated carbocycles. The number of rotatable bonds is 9. The summed E-state index contributed by atoms with van der Waals surface area (Å²) >= 11 is 0. The molecule has 1 saturated heterocycles. The minimum absolute atomic E-state index is 0.00205. The summed E-state index contributed by atoms with van der Waals surface area (Å²) in [4.78, 5) is 26.1. The Morgan fingerprint density at radius 3 is 2.55 bits per heavy atom. The van der Waals surface area contributed by atoms with E-state index >= 15 is 0 Å². The number of carbonyl (C=O) groups excluding carboxylic acids is 1. The largest absolute Gasteiger partial charge is 0.457 e. The third kappa shape index (κ3) is 5.42. The number of nitrogens with zero attached hydrogens (tertiary/aromatic N) is 6. The maximum Gasteiger partial charge on any atom is 0.246 e. The lowest BCUT2D eigenvalue weighted by Crippen LogP contribution is -2.33. The number of para-hydroxylation sites is 1. The maximum atomic E-state index is 13.0. The number of carbonyl (C=O) groups is 1. The van der Waals surface area contributed by atoms with Crippen molar-refractivity contribution < 1.29 is 9.53 Å². The Bertz CT molecular complexity index is 1510. The van der Waals surface area contributed by atoms with Crippen LogP contribution in [0.4, 0.5) is 5.82 Å². The fourth-order valence-electron chi connectivity index (χ4n) is 5.47. The summed E-state index contributed by atoms with van der Waals surface area (Å²) in [5.74, 6) is 1.93. The number of nitrogens with two attached hydrogens (primary N) is 1. The summed E-state index contributed by atoms with van der Waals surface area (Å²) in [6.45, 7) is 6.48. The van der Waals surface area contributed by atoms with Crippen LogP contribution in [-0.2, 0) is 4.79 Å². The van der Waals surface area contributed by atoms with Gasteiger partial charge < -0.3 is 15.4 Å². The second-order valence-corrected chi connectivity index (χ2v) is 10.8. The molecule has 1 aliphatic carbocycles. The maximum absolute atomic E-state index is 13.0. The zero-order valence-corrected chi connectivity index (χ0v) is 23.0. The summed E-state index contributed by atoms with van der Waals surface area (Å²) in [6.07, 6.45) is 8.52. The number of ether oxygens (including phenoxy) is 1. The molecule has 3 heterocycles. The second-order valence-electron chi connectivity index (χ2n) is 10.8. The van der Waals surface area contributed by atoms with E-state index in [4.69, 9.17) is 15.6 Å². The number of amides is 1. The van der Waals surface area contributed by atoms with Crippen molar-refractivity contribution in [3.05, 3.63) is 73.1 Å². The molecule has 0 unspecified atom stereocenters. The monoisotopic (exact) mass is 537 g/mol. The van der Waals surface area contributed by atoms with Gasteiger partial charge in [0.1, 0.15) is 29.3 Å². The van der Waals surface area contributed by atoms with Gasteiger partial charge in [0.2, 0.25) is 5.91 Å². The minimum Gasteiger partial charge on any atom is -0.457 e. The van der Waals surface area contributed by atoms with Gasteiger partial charge in [-0.3, -0.25) is 9.69 Å². The highest BCUT2D eigenvalue weighted by Gasteiger charge is 2.31. The third-order valence-electron chi connectivity index (χ3n) is 7.70. The van der Waals surface area contributed by atoms with Crippen LogP contribution in [0.2, 0.25) is 0 Å². The first-order valence-electron chi connectivity index (χ1n) is 14.0. The van der Waals surface area contributed by atoms with Gasteiger partial charge in [0.05, 0.1) is 11.4 Å². The van der Waals surface area contributed by atoms with Crippen molar-refractivity contribution in [2.75, 3.05) is 25.4 Å². The summed E-state index contributed by atoms with van der Waals surface area (Å²) in [5, 5.41) is 5.69. The van der Waals surface area contributed by atoms with Crippen molar-refractivity contribution in [1.29, 1.82) is 0 Å². The molecule has 0 spiro atoms. The van der Waals surface area contributed by atoms with E-state index in [1.54, 1.807) is 6.08 Å². The van der Waals surface area contributed by atoms with Gasteiger partial charge in [0.15, 0.2) is 5.65 Å². The number of hydrogen-bond acceptors (Lipinski definition) is 7. The van der Waals surface area contributed by atoms with Crippen molar-refractivity contribution >= 4 is 22.8 Å². The van der Waals surface area contributed by atoms with Crippen LogP contribution in [0.3, 0.4) is 0 Å². The van der Waals surface area contributed by atoms with Crippen molar-refractivity contribution in [3.63, 3.8) is 0 Å². The zero-order chi connectivity index (χ0) is 27.6. The Labute approximate surface area is 234 Å². The van der Waals surface area contributed by atoms with Gasteiger partial charge >= 0.3 is 0 Å². The molecule has 1 amide bonds. The predicted octanol–water partition coefficient (Wildman–Crippen LogP) is 5.07. The van der Waals surface area contributed by atoms with E-state index in [0.29, 0.717) is 36.6 Å². The molecule has 9 heteroatoms. The van der Waals surface area contributed by atoms with Gasteiger partial charge in [-0.2, -0.15) is 5.10 Å². The Balaban J connectivity index is 1.19. The Kier molecular flexibility index (Phi) is 7.21. The van der Waals surface area contributed by atoms with Crippen molar-refractivity contribution in [2.45, 2.75) is 51.2 Å². The van der Waals surface area contributed by atoms with Crippen molar-refractivity contribution in [2.24, 2.45) is 0 Å². The molecule has 6 rings (SSSR count). The fourth-order valence-corrected chi connectivity index (χ4v) is 5.47. The van der Waals surface area contributed by atoms with Crippen LogP contribution in [0.1, 0.15) is 39.2 Å². The molecule has 4 aromatic rings. The number of fused-ring (bicyclic) bond motifs is 1. The number of anilines is 1. The van der Waals surface area contributed by atoms with Crippen LogP contribution in [0.5, 0.6) is 11.5 Å². The highest BCUT2D eigenvalue weighted by molar-refractivity contribution is 5.98. The molecular formula is C31H35N7O2. The van der Waals surface area contributed by atoms with Gasteiger partial charge in [0.25, 0.3) is 0 Å². The first-order valence-corrected chi connectivity index (χ1v) is 14.0. The number of hydrogen-bond donors (Lipinski definition) is 1. The molecule has 0 bridgehead atoms. The molecule has 1 atom stereocenters. The molecule has 2 aromatic carbocycles. The van der Waals surface area contributed by atoms with E-state index in [0.717, 1.165) is 41.1 Å². The first-order chi connectivity index (χ1) is 19.5. The molecule has 9 nitrogen and oxygen atoms in total. The normalized spacial score (nSPS) is 17.5. The lowest BCUT2D eigenvalue weighted by molar-refractivity contribution is -0.125. The second kappa shape index (κ2) is 11.1. The van der Waals surface area contributed by atoms with Crippen LogP contribution >= 0.6 is 0 Å². The molecule has 0 radical (unpaired) electrons. The van der Waals surface area contributed by atoms with Crippen LogP contribution < -0.4 is 10.5 Å². The topological polar surface area (TPSA) is 102 Å². The van der Waals surface area contributed by atoms with Gasteiger partial charge in [0, 0.05) is 43.4 Å². The lowest BCUT2D eigenvalue weighted by atomic mass is 10.1. The Hall–Kier alpha value is -4.24. The van der Waals surface area contributed by atoms with Gasteiger partial charge in [-0.1, -0.05) is 24.3 Å². The van der Waals surface area contributed by atoms with E-state index in [1.807, 2.05) is 70.3 Å². The van der Waals surface area contributed by atoms with Crippen LogP contribution in [-0.4, -0.2) is 67.2 Å². The van der Waals surface area contributed by atoms with E-state index in [-0.39, 0.29) is 11.9 Å². The van der Waals surface area contributed by atoms with Crippen molar-refractivity contribution in [3.8, 4) is 22.8 Å². The third-order valence-corrected chi connectivity index (χ3v) is 7.70. The Morgan fingerprint density at radius 2 is 1.82 bits per heavy atom. The number of nitrogen functional groups attached to an aromatic ring is 1. The molecule has 2 aliphatic rings. The lowest BCUT2D eigenvalue weighted by Gasteiger charge is -2.24. The van der Waals surface area contributed by atoms with E-state index in [9.17, 15) is 4.79 Å². The van der Waals surface area contributed by atoms with Crippen molar-refractivity contribution in [1.82, 2.24) is 29.5 Å². The molecule has 1 aliphatic heterocycles. The predicted molar refractivity (Wildman–Crippen MR) is 156 cm³/mol. The molecule has 2 fully saturated rings. The number of benzene rings is 2. The van der Waals surface area contributed by atoms with Crippen LogP contribution in [0.15, 0.2) is 73.1 Å². The summed E-state index contributed by atoms with van der Waals surface area (Å²) in [5.41, 5.74) is 8.63. The minimum atomic E-state index is 0.00205. The fraction of sp³-hybridized carbons (Fsp3) is 0.355. The molecule has 2 aromatic heterocycles. The summed E-state index contributed by atoms with van der Waals surface area (Å²) in [7, 11) is 0. The highest BCUT2D eigenvalue weighted by Crippen LogP contribution is 2.35. The SMILES string of the molecule is CC(C)N(C/C=C/C(=O)N1CC[C@@H](n2nc(-c3ccc(Oc4ccccc4)cc3)c3c(N)ncnc32)C1)C1CC1. The Morgan fingerprint density at radius 1 is 1.07 bits per heavy atom. The van der Waals surface area contributed by atoms with Crippen LogP contribution in [0.25, 0.3) is 22.3 Å². The van der Waals surface area contributed by atoms with Gasteiger partial charge in [-0.05, 0) is 69.5 Å². The molecule has 206 valence electrons. The highest BCUT2D eigenvalue weighted by atomic mass is 16.5. The van der Waals surface area contributed by atoms with E-state index < -0.39 is 0 Å². The number of aromatic nitrogens is 4. The molecule has 40 heavy (non-hydrogen) atoms. The average molecular weight is 538 g/mol. The molecule has 2 N–H and O–H groups in total. The van der Waals surface area contributed by atoms with E-state index in [1.165, 1.54) is 19.2 Å². The first kappa shape index (κ1) is 26.0. The smallest absolute Gasteiger partial charge is 0.246 e. The van der Waals surface area contributed by atoms with Gasteiger partial charge in [-0.15, -0.1) is 0 Å². The standard InChI is InChI=1S/C31H35N7O2/c1-21(2)37(23-12-13-23)17-6-9-27(39)36-18-16-24(19-36)38-31-28(30(32)33-20-34-31)29(35-38)22-10-14-26(15-11-22)40-25-7-4-3-5-8-25/h3-11,14-15,20-21,23-24H,12-13,16-19H2,1-2H3,(H2,32,33,34)/b9-6+/t24-/m1/s1. The molecular weight excluding hydrogens is 502 g/mol. The average Bonchev–Trinajstić information content (AvgIpc) is 3.53. The van der Waals surface area contributed by atoms with Crippen LogP contribution in [0, 0.1) is 0 Å². The number of likely N-dealkylation sites (tertiary alicyclic amines) is 1. The summed E-state index contributed by atoms with van der Waals surface area (Å²) < 4.78 is 7.87. The summed E-state index contributed by atoms with van der Waals surface area (Å²) in [6, 6.07) is 18.6. The van der Waals surface area contributed by atoms with E-state index in [2.05, 4.69) is 28.7 Å². The quantitative estimate of drug-likeness (QED) is 0.297. The van der Waals surface area contributed by atoms with Gasteiger partial charge in [-0.25, -0.2) is 14.6 Å². The zero-order valence-electron chi connectivity index (χ0n) is 23.0.